The fraction of sp³-hybridized carbons (Fsp3) is 0.889. The van der Waals surface area contributed by atoms with Gasteiger partial charge in [0.25, 0.3) is 0 Å². The van der Waals surface area contributed by atoms with Gasteiger partial charge in [-0.2, -0.15) is 0 Å². The van der Waals surface area contributed by atoms with Crippen LogP contribution in [0.4, 0.5) is 0 Å². The van der Waals surface area contributed by atoms with E-state index in [4.69, 9.17) is 0 Å². The number of rotatable bonds is 1. The van der Waals surface area contributed by atoms with E-state index in [0.717, 1.165) is 5.92 Å². The highest BCUT2D eigenvalue weighted by Gasteiger charge is 2.14. The third-order valence-corrected chi connectivity index (χ3v) is 2.57. The normalized spacial score (nSPS) is 32.1. The first-order valence-corrected chi connectivity index (χ1v) is 4.80. The Morgan fingerprint density at radius 3 is 2.82 bits per heavy atom. The summed E-state index contributed by atoms with van der Waals surface area (Å²) in [6.45, 7) is 2.32. The molecule has 0 saturated heterocycles. The maximum Gasteiger partial charge on any atom is 0.0602 e. The van der Waals surface area contributed by atoms with Crippen molar-refractivity contribution in [3.63, 3.8) is 0 Å². The predicted molar refractivity (Wildman–Crippen MR) is 51.1 cm³/mol. The third kappa shape index (κ3) is 3.13. The van der Waals surface area contributed by atoms with Crippen molar-refractivity contribution in [3.05, 3.63) is 0 Å². The molecule has 0 amide bonds. The van der Waals surface area contributed by atoms with E-state index in [1.807, 2.05) is 0 Å². The molecule has 0 aromatic rings. The van der Waals surface area contributed by atoms with Gasteiger partial charge in [0.1, 0.15) is 0 Å². The topological polar surface area (TPSA) is 12.4 Å². The van der Waals surface area contributed by atoms with E-state index in [1.165, 1.54) is 32.1 Å². The fourth-order valence-corrected chi connectivity index (χ4v) is 1.82. The summed E-state index contributed by atoms with van der Waals surface area (Å²) < 4.78 is 0. The van der Waals surface area contributed by atoms with Gasteiger partial charge in [0, 0.05) is 0 Å². The molecule has 2 unspecified atom stereocenters. The zero-order chi connectivity index (χ0) is 8.10. The van der Waals surface area contributed by atoms with Crippen LogP contribution in [0.5, 0.6) is 0 Å². The molecule has 1 rings (SSSR count). The second-order valence-electron chi connectivity index (χ2n) is 3.49. The quantitative estimate of drug-likeness (QED) is 0.334. The number of hydrogen-bond acceptors (Lipinski definition) is 2. The minimum absolute atomic E-state index is 0.484. The van der Waals surface area contributed by atoms with Gasteiger partial charge in [-0.15, -0.1) is 0 Å². The van der Waals surface area contributed by atoms with Gasteiger partial charge >= 0.3 is 0 Å². The fourth-order valence-electron chi connectivity index (χ4n) is 1.67. The summed E-state index contributed by atoms with van der Waals surface area (Å²) in [5.41, 5.74) is 0. The van der Waals surface area contributed by atoms with E-state index in [2.05, 4.69) is 29.3 Å². The van der Waals surface area contributed by atoms with E-state index in [0.29, 0.717) is 6.04 Å². The van der Waals surface area contributed by atoms with Crippen molar-refractivity contribution in [1.82, 2.24) is 0 Å². The van der Waals surface area contributed by atoms with E-state index in [-0.39, 0.29) is 0 Å². The molecule has 0 bridgehead atoms. The second-order valence-corrected chi connectivity index (χ2v) is 3.67. The van der Waals surface area contributed by atoms with Crippen LogP contribution >= 0.6 is 12.2 Å². The van der Waals surface area contributed by atoms with Gasteiger partial charge in [-0.25, -0.2) is 4.99 Å². The highest BCUT2D eigenvalue weighted by Crippen LogP contribution is 2.23. The Morgan fingerprint density at radius 2 is 2.09 bits per heavy atom. The van der Waals surface area contributed by atoms with Crippen LogP contribution in [0.1, 0.15) is 39.0 Å². The molecule has 1 saturated carbocycles. The lowest BCUT2D eigenvalue weighted by Crippen LogP contribution is -2.01. The predicted octanol–water partition coefficient (Wildman–Crippen LogP) is 3.06. The summed E-state index contributed by atoms with van der Waals surface area (Å²) in [6.07, 6.45) is 6.42. The molecule has 11 heavy (non-hydrogen) atoms. The van der Waals surface area contributed by atoms with Crippen LogP contribution in [0, 0.1) is 5.92 Å². The van der Waals surface area contributed by atoms with Crippen LogP contribution in [0.3, 0.4) is 0 Å². The number of isothiocyanates is 1. The molecule has 0 aromatic heterocycles. The minimum Gasteiger partial charge on any atom is -0.229 e. The molecule has 1 aliphatic carbocycles. The zero-order valence-corrected chi connectivity index (χ0v) is 7.86. The van der Waals surface area contributed by atoms with Crippen molar-refractivity contribution in [3.8, 4) is 0 Å². The Labute approximate surface area is 73.9 Å². The van der Waals surface area contributed by atoms with Crippen molar-refractivity contribution in [1.29, 1.82) is 0 Å². The van der Waals surface area contributed by atoms with E-state index in [9.17, 15) is 0 Å². The SMILES string of the molecule is CC1CCCC(N=C=S)CC1. The third-order valence-electron chi connectivity index (χ3n) is 2.46. The molecule has 0 aliphatic heterocycles. The molecule has 0 N–H and O–H groups in total. The highest BCUT2D eigenvalue weighted by atomic mass is 32.1. The number of aliphatic imine (C=N–C) groups is 1. The maximum absolute atomic E-state index is 4.59. The lowest BCUT2D eigenvalue weighted by atomic mass is 10.0. The van der Waals surface area contributed by atoms with Gasteiger partial charge in [-0.05, 0) is 37.4 Å². The second kappa shape index (κ2) is 4.63. The lowest BCUT2D eigenvalue weighted by molar-refractivity contribution is 0.499. The number of nitrogens with zero attached hydrogens (tertiary/aromatic N) is 1. The van der Waals surface area contributed by atoms with Gasteiger partial charge in [0.15, 0.2) is 0 Å². The molecular formula is C9H15NS. The molecule has 2 heteroatoms. The Balaban J connectivity index is 2.39. The maximum atomic E-state index is 4.59. The lowest BCUT2D eigenvalue weighted by Gasteiger charge is -2.05. The van der Waals surface area contributed by atoms with Gasteiger partial charge in [0.05, 0.1) is 11.2 Å². The van der Waals surface area contributed by atoms with Crippen molar-refractivity contribution >= 4 is 17.4 Å². The molecule has 0 aromatic carbocycles. The first-order chi connectivity index (χ1) is 5.33. The van der Waals surface area contributed by atoms with Crippen LogP contribution in [-0.2, 0) is 0 Å². The zero-order valence-electron chi connectivity index (χ0n) is 7.05. The summed E-state index contributed by atoms with van der Waals surface area (Å²) >= 11 is 4.59. The molecule has 0 radical (unpaired) electrons. The van der Waals surface area contributed by atoms with E-state index >= 15 is 0 Å². The molecule has 1 nitrogen and oxygen atoms in total. The Hall–Kier alpha value is -0.200. The van der Waals surface area contributed by atoms with Gasteiger partial charge in [-0.3, -0.25) is 0 Å². The molecule has 62 valence electrons. The summed E-state index contributed by atoms with van der Waals surface area (Å²) in [7, 11) is 0. The average Bonchev–Trinajstić information content (AvgIpc) is 2.17. The van der Waals surface area contributed by atoms with Crippen molar-refractivity contribution in [2.75, 3.05) is 0 Å². The Bertz CT molecular complexity index is 161. The molecule has 1 fully saturated rings. The first-order valence-electron chi connectivity index (χ1n) is 4.40. The van der Waals surface area contributed by atoms with Crippen molar-refractivity contribution < 1.29 is 0 Å². The largest absolute Gasteiger partial charge is 0.229 e. The van der Waals surface area contributed by atoms with Gasteiger partial charge < -0.3 is 0 Å². The summed E-state index contributed by atoms with van der Waals surface area (Å²) in [5, 5.41) is 2.49. The Kier molecular flexibility index (Phi) is 3.74. The highest BCUT2D eigenvalue weighted by molar-refractivity contribution is 7.78. The minimum atomic E-state index is 0.484. The van der Waals surface area contributed by atoms with Crippen LogP contribution in [-0.4, -0.2) is 11.2 Å². The van der Waals surface area contributed by atoms with Gasteiger partial charge in [-0.1, -0.05) is 19.8 Å². The van der Waals surface area contributed by atoms with Crippen LogP contribution in [0.2, 0.25) is 0 Å². The molecular weight excluding hydrogens is 154 g/mol. The molecule has 1 aliphatic rings. The molecule has 0 spiro atoms. The molecule has 0 heterocycles. The summed E-state index contributed by atoms with van der Waals surface area (Å²) in [4.78, 5) is 4.14. The average molecular weight is 169 g/mol. The Morgan fingerprint density at radius 1 is 1.27 bits per heavy atom. The summed E-state index contributed by atoms with van der Waals surface area (Å²) in [6, 6.07) is 0.484. The van der Waals surface area contributed by atoms with Gasteiger partial charge in [0.2, 0.25) is 0 Å². The van der Waals surface area contributed by atoms with Crippen LogP contribution in [0.15, 0.2) is 4.99 Å². The number of thiocarbonyl (C=S) groups is 1. The smallest absolute Gasteiger partial charge is 0.0602 e. The van der Waals surface area contributed by atoms with Crippen LogP contribution < -0.4 is 0 Å². The van der Waals surface area contributed by atoms with Crippen molar-refractivity contribution in [2.24, 2.45) is 10.9 Å². The molecule has 2 atom stereocenters. The standard InChI is InChI=1S/C9H15NS/c1-8-3-2-4-9(6-5-8)10-7-11/h8-9H,2-6H2,1H3. The summed E-state index contributed by atoms with van der Waals surface area (Å²) in [5.74, 6) is 0.889. The monoisotopic (exact) mass is 169 g/mol. The van der Waals surface area contributed by atoms with Crippen LogP contribution in [0.25, 0.3) is 0 Å². The first kappa shape index (κ1) is 8.89. The van der Waals surface area contributed by atoms with Crippen molar-refractivity contribution in [2.45, 2.75) is 45.1 Å². The number of hydrogen-bond donors (Lipinski definition) is 0. The van der Waals surface area contributed by atoms with E-state index in [1.54, 1.807) is 0 Å². The van der Waals surface area contributed by atoms with E-state index < -0.39 is 0 Å².